The Bertz CT molecular complexity index is 514. The van der Waals surface area contributed by atoms with Crippen molar-refractivity contribution in [2.45, 2.75) is 51.5 Å². The van der Waals surface area contributed by atoms with Crippen LogP contribution >= 0.6 is 0 Å². The minimum Gasteiger partial charge on any atom is -0.343 e. The molecule has 1 unspecified atom stereocenters. The molecule has 1 aromatic rings. The minimum atomic E-state index is 0.321. The van der Waals surface area contributed by atoms with Crippen LogP contribution in [0.2, 0.25) is 0 Å². The van der Waals surface area contributed by atoms with Gasteiger partial charge in [-0.1, -0.05) is 12.2 Å². The maximum Gasteiger partial charge on any atom is 0.223 e. The van der Waals surface area contributed by atoms with Crippen LogP contribution in [0.25, 0.3) is 0 Å². The van der Waals surface area contributed by atoms with Gasteiger partial charge in [0.05, 0.1) is 0 Å². The fourth-order valence-corrected chi connectivity index (χ4v) is 3.43. The maximum atomic E-state index is 12.3. The first kappa shape index (κ1) is 14.3. The van der Waals surface area contributed by atoms with Gasteiger partial charge in [0.25, 0.3) is 0 Å². The highest BCUT2D eigenvalue weighted by Crippen LogP contribution is 2.28. The van der Waals surface area contributed by atoms with Crippen LogP contribution < -0.4 is 0 Å². The molecular weight excluding hydrogens is 264 g/mol. The van der Waals surface area contributed by atoms with Crippen LogP contribution in [-0.4, -0.2) is 38.7 Å². The molecule has 5 heteroatoms. The molecule has 0 radical (unpaired) electrons. The van der Waals surface area contributed by atoms with Crippen molar-refractivity contribution in [3.8, 4) is 0 Å². The average Bonchev–Trinajstić information content (AvgIpc) is 3.18. The lowest BCUT2D eigenvalue weighted by molar-refractivity contribution is -0.133. The van der Waals surface area contributed by atoms with E-state index in [9.17, 15) is 4.79 Å². The number of hydrogen-bond donors (Lipinski definition) is 0. The zero-order valence-corrected chi connectivity index (χ0v) is 12.7. The van der Waals surface area contributed by atoms with Crippen molar-refractivity contribution < 1.29 is 4.79 Å². The van der Waals surface area contributed by atoms with Crippen LogP contribution in [0.3, 0.4) is 0 Å². The Morgan fingerprint density at radius 3 is 2.81 bits per heavy atom. The second-order valence-electron chi connectivity index (χ2n) is 6.10. The topological polar surface area (TPSA) is 51.0 Å². The molecule has 0 saturated carbocycles. The Morgan fingerprint density at radius 1 is 1.33 bits per heavy atom. The highest BCUT2D eigenvalue weighted by atomic mass is 16.2. The van der Waals surface area contributed by atoms with E-state index in [2.05, 4.69) is 33.8 Å². The largest absolute Gasteiger partial charge is 0.343 e. The number of amides is 1. The fourth-order valence-electron chi connectivity index (χ4n) is 3.43. The zero-order chi connectivity index (χ0) is 14.7. The third-order valence-corrected chi connectivity index (χ3v) is 4.75. The third-order valence-electron chi connectivity index (χ3n) is 4.75. The summed E-state index contributed by atoms with van der Waals surface area (Å²) >= 11 is 0. The summed E-state index contributed by atoms with van der Waals surface area (Å²) in [6.45, 7) is 4.74. The van der Waals surface area contributed by atoms with E-state index in [1.807, 2.05) is 4.90 Å². The van der Waals surface area contributed by atoms with E-state index in [4.69, 9.17) is 0 Å². The first-order valence-corrected chi connectivity index (χ1v) is 8.10. The average molecular weight is 288 g/mol. The monoisotopic (exact) mass is 288 g/mol. The predicted molar refractivity (Wildman–Crippen MR) is 80.7 cm³/mol. The summed E-state index contributed by atoms with van der Waals surface area (Å²) in [5, 5.41) is 8.28. The zero-order valence-electron chi connectivity index (χ0n) is 12.7. The van der Waals surface area contributed by atoms with Gasteiger partial charge in [-0.3, -0.25) is 4.79 Å². The smallest absolute Gasteiger partial charge is 0.223 e. The number of aromatic nitrogens is 3. The van der Waals surface area contributed by atoms with Gasteiger partial charge in [-0.15, -0.1) is 10.2 Å². The van der Waals surface area contributed by atoms with Gasteiger partial charge in [0.1, 0.15) is 12.2 Å². The molecule has 1 aliphatic carbocycles. The van der Waals surface area contributed by atoms with E-state index < -0.39 is 0 Å². The number of carbonyl (C=O) groups excluding carboxylic acids is 1. The summed E-state index contributed by atoms with van der Waals surface area (Å²) < 4.78 is 2.12. The normalized spacial score (nSPS) is 22.9. The second-order valence-corrected chi connectivity index (χ2v) is 6.10. The highest BCUT2D eigenvalue weighted by molar-refractivity contribution is 5.76. The molecule has 114 valence electrons. The molecule has 0 N–H and O–H groups in total. The summed E-state index contributed by atoms with van der Waals surface area (Å²) in [5.41, 5.74) is 0. The molecule has 1 aromatic heterocycles. The van der Waals surface area contributed by atoms with Crippen molar-refractivity contribution in [1.82, 2.24) is 19.7 Å². The molecule has 0 bridgehead atoms. The minimum absolute atomic E-state index is 0.321. The summed E-state index contributed by atoms with van der Waals surface area (Å²) in [4.78, 5) is 14.4. The molecule has 1 amide bonds. The van der Waals surface area contributed by atoms with Gasteiger partial charge in [-0.2, -0.15) is 0 Å². The molecule has 1 saturated heterocycles. The van der Waals surface area contributed by atoms with Gasteiger partial charge < -0.3 is 9.47 Å². The lowest BCUT2D eigenvalue weighted by Gasteiger charge is -2.32. The predicted octanol–water partition coefficient (Wildman–Crippen LogP) is 2.36. The standard InChI is InChI=1S/C16H24N4O/c1-2-19-12-17-18-16(19)14-7-9-20(10-8-14)15(21)11-13-5-3-4-6-13/h3,5,12-14H,2,4,6-11H2,1H3. The Morgan fingerprint density at radius 2 is 2.14 bits per heavy atom. The van der Waals surface area contributed by atoms with Crippen molar-refractivity contribution in [3.05, 3.63) is 24.3 Å². The number of likely N-dealkylation sites (tertiary alicyclic amines) is 1. The first-order valence-electron chi connectivity index (χ1n) is 8.10. The number of rotatable bonds is 4. The van der Waals surface area contributed by atoms with Gasteiger partial charge in [0.15, 0.2) is 0 Å². The molecule has 1 aliphatic heterocycles. The number of hydrogen-bond acceptors (Lipinski definition) is 3. The Hall–Kier alpha value is -1.65. The van der Waals surface area contributed by atoms with Crippen LogP contribution in [0.1, 0.15) is 50.8 Å². The van der Waals surface area contributed by atoms with Gasteiger partial charge in [0, 0.05) is 32.0 Å². The van der Waals surface area contributed by atoms with Crippen molar-refractivity contribution in [2.24, 2.45) is 5.92 Å². The molecule has 1 atom stereocenters. The quantitative estimate of drug-likeness (QED) is 0.799. The summed E-state index contributed by atoms with van der Waals surface area (Å²) in [6.07, 6.45) is 11.2. The molecule has 2 aliphatic rings. The fraction of sp³-hybridized carbons (Fsp3) is 0.688. The Labute approximate surface area is 126 Å². The van der Waals surface area contributed by atoms with Crippen LogP contribution in [0.5, 0.6) is 0 Å². The Balaban J connectivity index is 1.52. The summed E-state index contributed by atoms with van der Waals surface area (Å²) in [5.74, 6) is 2.33. The van der Waals surface area contributed by atoms with E-state index in [1.54, 1.807) is 6.33 Å². The van der Waals surface area contributed by atoms with E-state index in [-0.39, 0.29) is 0 Å². The summed E-state index contributed by atoms with van der Waals surface area (Å²) in [7, 11) is 0. The van der Waals surface area contributed by atoms with E-state index in [0.29, 0.717) is 24.2 Å². The van der Waals surface area contributed by atoms with Gasteiger partial charge in [-0.25, -0.2) is 0 Å². The van der Waals surface area contributed by atoms with Gasteiger partial charge in [0.2, 0.25) is 5.91 Å². The number of carbonyl (C=O) groups is 1. The van der Waals surface area contributed by atoms with Gasteiger partial charge in [-0.05, 0) is 38.5 Å². The van der Waals surface area contributed by atoms with Gasteiger partial charge >= 0.3 is 0 Å². The molecule has 21 heavy (non-hydrogen) atoms. The van der Waals surface area contributed by atoms with Crippen LogP contribution in [0, 0.1) is 5.92 Å². The number of aryl methyl sites for hydroxylation is 1. The lowest BCUT2D eigenvalue weighted by Crippen LogP contribution is -2.39. The van der Waals surface area contributed by atoms with Crippen molar-refractivity contribution in [1.29, 1.82) is 0 Å². The Kier molecular flexibility index (Phi) is 4.36. The SMILES string of the molecule is CCn1cnnc1C1CCN(C(=O)CC2C=CCC2)CC1. The maximum absolute atomic E-state index is 12.3. The molecule has 2 heterocycles. The first-order chi connectivity index (χ1) is 10.3. The molecule has 0 aromatic carbocycles. The van der Waals surface area contributed by atoms with E-state index in [0.717, 1.165) is 51.1 Å². The lowest BCUT2D eigenvalue weighted by atomic mass is 9.95. The van der Waals surface area contributed by atoms with Crippen molar-refractivity contribution in [3.63, 3.8) is 0 Å². The highest BCUT2D eigenvalue weighted by Gasteiger charge is 2.27. The number of allylic oxidation sites excluding steroid dienone is 2. The van der Waals surface area contributed by atoms with Crippen molar-refractivity contribution in [2.75, 3.05) is 13.1 Å². The molecular formula is C16H24N4O. The van der Waals surface area contributed by atoms with Crippen LogP contribution in [0.15, 0.2) is 18.5 Å². The summed E-state index contributed by atoms with van der Waals surface area (Å²) in [6, 6.07) is 0. The second kappa shape index (κ2) is 6.41. The van der Waals surface area contributed by atoms with E-state index in [1.165, 1.54) is 0 Å². The molecule has 5 nitrogen and oxygen atoms in total. The van der Waals surface area contributed by atoms with Crippen LogP contribution in [0.4, 0.5) is 0 Å². The number of nitrogens with zero attached hydrogens (tertiary/aromatic N) is 4. The van der Waals surface area contributed by atoms with Crippen molar-refractivity contribution >= 4 is 5.91 Å². The molecule has 0 spiro atoms. The van der Waals surface area contributed by atoms with E-state index >= 15 is 0 Å². The van der Waals surface area contributed by atoms with Crippen LogP contribution in [-0.2, 0) is 11.3 Å². The molecule has 3 rings (SSSR count). The third kappa shape index (κ3) is 3.17. The number of piperidine rings is 1. The molecule has 1 fully saturated rings.